The van der Waals surface area contributed by atoms with Crippen LogP contribution in [0.2, 0.25) is 5.02 Å². The van der Waals surface area contributed by atoms with Crippen molar-refractivity contribution in [1.82, 2.24) is 5.32 Å². The summed E-state index contributed by atoms with van der Waals surface area (Å²) in [4.78, 5) is 0. The Morgan fingerprint density at radius 2 is 1.60 bits per heavy atom. The quantitative estimate of drug-likeness (QED) is 0.877. The van der Waals surface area contributed by atoms with E-state index in [1.807, 2.05) is 6.92 Å². The molecule has 0 aliphatic carbocycles. The van der Waals surface area contributed by atoms with Crippen LogP contribution in [0.1, 0.15) is 30.2 Å². The first-order chi connectivity index (χ1) is 9.56. The van der Waals surface area contributed by atoms with Crippen LogP contribution in [0.25, 0.3) is 0 Å². The Labute approximate surface area is 123 Å². The van der Waals surface area contributed by atoms with Crippen LogP contribution >= 0.6 is 11.6 Å². The van der Waals surface area contributed by atoms with Gasteiger partial charge in [-0.3, -0.25) is 0 Å². The van der Waals surface area contributed by atoms with Crippen LogP contribution < -0.4 is 5.32 Å². The fourth-order valence-electron chi connectivity index (χ4n) is 1.96. The van der Waals surface area contributed by atoms with Crippen molar-refractivity contribution < 1.29 is 9.50 Å². The molecule has 0 aromatic heterocycles. The number of aliphatic hydroxyl groups is 1. The number of hydrogen-bond donors (Lipinski definition) is 2. The van der Waals surface area contributed by atoms with Gasteiger partial charge in [0, 0.05) is 17.6 Å². The summed E-state index contributed by atoms with van der Waals surface area (Å²) in [6.07, 6.45) is -0.602. The predicted octanol–water partition coefficient (Wildman–Crippen LogP) is 3.86. The molecular formula is C16H17ClFNO. The minimum atomic E-state index is -0.602. The van der Waals surface area contributed by atoms with E-state index in [1.165, 1.54) is 12.1 Å². The second kappa shape index (κ2) is 6.84. The van der Waals surface area contributed by atoms with Gasteiger partial charge in [-0.05, 0) is 42.3 Å². The smallest absolute Gasteiger partial charge is 0.123 e. The van der Waals surface area contributed by atoms with Crippen molar-refractivity contribution in [2.24, 2.45) is 0 Å². The molecule has 2 nitrogen and oxygen atoms in total. The van der Waals surface area contributed by atoms with Gasteiger partial charge >= 0.3 is 0 Å². The Hall–Kier alpha value is -1.42. The summed E-state index contributed by atoms with van der Waals surface area (Å²) in [7, 11) is 0. The molecule has 4 heteroatoms. The van der Waals surface area contributed by atoms with Crippen LogP contribution in [0.5, 0.6) is 0 Å². The number of benzene rings is 2. The molecule has 2 aromatic rings. The Kier molecular flexibility index (Phi) is 5.12. The summed E-state index contributed by atoms with van der Waals surface area (Å²) in [6.45, 7) is 2.39. The van der Waals surface area contributed by atoms with Gasteiger partial charge < -0.3 is 10.4 Å². The third kappa shape index (κ3) is 4.04. The maximum Gasteiger partial charge on any atom is 0.123 e. The summed E-state index contributed by atoms with van der Waals surface area (Å²) < 4.78 is 12.8. The van der Waals surface area contributed by atoms with E-state index in [0.717, 1.165) is 11.1 Å². The molecule has 1 unspecified atom stereocenters. The molecular weight excluding hydrogens is 277 g/mol. The van der Waals surface area contributed by atoms with Gasteiger partial charge in [-0.1, -0.05) is 35.9 Å². The van der Waals surface area contributed by atoms with E-state index >= 15 is 0 Å². The summed E-state index contributed by atoms with van der Waals surface area (Å²) in [5.74, 6) is -0.248. The summed E-state index contributed by atoms with van der Waals surface area (Å²) >= 11 is 5.81. The highest BCUT2D eigenvalue weighted by molar-refractivity contribution is 6.30. The maximum absolute atomic E-state index is 12.8. The molecule has 2 aromatic carbocycles. The molecule has 2 rings (SSSR count). The summed E-state index contributed by atoms with van der Waals surface area (Å²) in [5.41, 5.74) is 1.79. The molecule has 0 aliphatic rings. The minimum Gasteiger partial charge on any atom is -0.387 e. The molecule has 0 heterocycles. The molecule has 0 saturated heterocycles. The highest BCUT2D eigenvalue weighted by atomic mass is 35.5. The zero-order chi connectivity index (χ0) is 14.5. The van der Waals surface area contributed by atoms with Crippen LogP contribution in [0.15, 0.2) is 48.5 Å². The van der Waals surface area contributed by atoms with Crippen LogP contribution in [-0.4, -0.2) is 11.7 Å². The van der Waals surface area contributed by atoms with Gasteiger partial charge in [0.1, 0.15) is 5.82 Å². The highest BCUT2D eigenvalue weighted by Crippen LogP contribution is 2.18. The second-order valence-corrected chi connectivity index (χ2v) is 5.19. The van der Waals surface area contributed by atoms with E-state index in [9.17, 15) is 9.50 Å². The van der Waals surface area contributed by atoms with Crippen LogP contribution in [0.4, 0.5) is 4.39 Å². The Morgan fingerprint density at radius 3 is 2.20 bits per heavy atom. The number of hydrogen-bond acceptors (Lipinski definition) is 2. The zero-order valence-corrected chi connectivity index (χ0v) is 11.9. The third-order valence-electron chi connectivity index (χ3n) is 3.24. The first-order valence-corrected chi connectivity index (χ1v) is 6.86. The van der Waals surface area contributed by atoms with E-state index in [-0.39, 0.29) is 11.9 Å². The lowest BCUT2D eigenvalue weighted by atomic mass is 10.1. The fourth-order valence-corrected chi connectivity index (χ4v) is 2.09. The van der Waals surface area contributed by atoms with E-state index in [4.69, 9.17) is 11.6 Å². The van der Waals surface area contributed by atoms with E-state index < -0.39 is 6.10 Å². The molecule has 0 spiro atoms. The van der Waals surface area contributed by atoms with E-state index in [1.54, 1.807) is 36.4 Å². The highest BCUT2D eigenvalue weighted by Gasteiger charge is 2.10. The van der Waals surface area contributed by atoms with Crippen molar-refractivity contribution >= 4 is 11.6 Å². The SMILES string of the molecule is C[C@@H](NCC(O)c1ccc(Cl)cc1)c1ccc(F)cc1. The van der Waals surface area contributed by atoms with Crippen molar-refractivity contribution in [3.63, 3.8) is 0 Å². The van der Waals surface area contributed by atoms with Crippen molar-refractivity contribution in [3.8, 4) is 0 Å². The van der Waals surface area contributed by atoms with E-state index in [0.29, 0.717) is 11.6 Å². The Balaban J connectivity index is 1.91. The van der Waals surface area contributed by atoms with Gasteiger partial charge in [-0.15, -0.1) is 0 Å². The van der Waals surface area contributed by atoms with Gasteiger partial charge in [0.15, 0.2) is 0 Å². The normalized spacial score (nSPS) is 14.0. The largest absolute Gasteiger partial charge is 0.387 e. The maximum atomic E-state index is 12.8. The van der Waals surface area contributed by atoms with Gasteiger partial charge in [-0.25, -0.2) is 4.39 Å². The monoisotopic (exact) mass is 293 g/mol. The van der Waals surface area contributed by atoms with E-state index in [2.05, 4.69) is 5.32 Å². The first-order valence-electron chi connectivity index (χ1n) is 6.48. The average molecular weight is 294 g/mol. The summed E-state index contributed by atoms with van der Waals surface area (Å²) in [6, 6.07) is 13.5. The van der Waals surface area contributed by atoms with Gasteiger partial charge in [0.2, 0.25) is 0 Å². The first kappa shape index (κ1) is 15.0. The fraction of sp³-hybridized carbons (Fsp3) is 0.250. The molecule has 2 atom stereocenters. The second-order valence-electron chi connectivity index (χ2n) is 4.75. The Morgan fingerprint density at radius 1 is 1.05 bits per heavy atom. The van der Waals surface area contributed by atoms with Gasteiger partial charge in [0.25, 0.3) is 0 Å². The van der Waals surface area contributed by atoms with Crippen LogP contribution in [-0.2, 0) is 0 Å². The molecule has 20 heavy (non-hydrogen) atoms. The van der Waals surface area contributed by atoms with Gasteiger partial charge in [0.05, 0.1) is 6.10 Å². The zero-order valence-electron chi connectivity index (χ0n) is 11.2. The van der Waals surface area contributed by atoms with Gasteiger partial charge in [-0.2, -0.15) is 0 Å². The molecule has 0 fully saturated rings. The topological polar surface area (TPSA) is 32.3 Å². The van der Waals surface area contributed by atoms with Crippen molar-refractivity contribution in [2.75, 3.05) is 6.54 Å². The number of aliphatic hydroxyl groups excluding tert-OH is 1. The van der Waals surface area contributed by atoms with Crippen LogP contribution in [0, 0.1) is 5.82 Å². The van der Waals surface area contributed by atoms with Crippen molar-refractivity contribution in [1.29, 1.82) is 0 Å². The Bertz CT molecular complexity index is 490. The van der Waals surface area contributed by atoms with Crippen LogP contribution in [0.3, 0.4) is 0 Å². The lowest BCUT2D eigenvalue weighted by Crippen LogP contribution is -2.24. The summed E-state index contributed by atoms with van der Waals surface area (Å²) in [5, 5.41) is 14.0. The minimum absolute atomic E-state index is 0.0394. The predicted molar refractivity (Wildman–Crippen MR) is 79.2 cm³/mol. The molecule has 0 aliphatic heterocycles. The number of rotatable bonds is 5. The molecule has 106 valence electrons. The number of halogens is 2. The van der Waals surface area contributed by atoms with Crippen molar-refractivity contribution in [3.05, 3.63) is 70.5 Å². The lowest BCUT2D eigenvalue weighted by Gasteiger charge is -2.18. The molecule has 0 radical (unpaired) electrons. The standard InChI is InChI=1S/C16H17ClFNO/c1-11(12-4-8-15(18)9-5-12)19-10-16(20)13-2-6-14(17)7-3-13/h2-9,11,16,19-20H,10H2,1H3/t11-,16?/m1/s1. The third-order valence-corrected chi connectivity index (χ3v) is 3.49. The molecule has 2 N–H and O–H groups in total. The molecule has 0 amide bonds. The average Bonchev–Trinajstić information content (AvgIpc) is 2.46. The van der Waals surface area contributed by atoms with Crippen molar-refractivity contribution in [2.45, 2.75) is 19.1 Å². The molecule has 0 bridgehead atoms. The number of nitrogens with one attached hydrogen (secondary N) is 1. The lowest BCUT2D eigenvalue weighted by molar-refractivity contribution is 0.171. The molecule has 0 saturated carbocycles.